The molecule has 362 valence electrons. The van der Waals surface area contributed by atoms with Gasteiger partial charge in [0.15, 0.2) is 5.78 Å². The van der Waals surface area contributed by atoms with Crippen LogP contribution in [-0.4, -0.2) is 126 Å². The number of allylic oxidation sites excluding steroid dienone is 6. The molecule has 4 rings (SSSR count). The molecule has 3 N–H and O–H groups in total. The molecule has 0 aromatic carbocycles. The Morgan fingerprint density at radius 2 is 1.56 bits per heavy atom. The second kappa shape index (κ2) is 25.2. The number of hydrogen-bond acceptors (Lipinski definition) is 12. The van der Waals surface area contributed by atoms with E-state index in [1.165, 1.54) is 4.90 Å². The molecule has 2 unspecified atom stereocenters. The average Bonchev–Trinajstić information content (AvgIpc) is 3.27. The highest BCUT2D eigenvalue weighted by Crippen LogP contribution is 2.38. The number of methoxy groups -OCH3 is 3. The highest BCUT2D eigenvalue weighted by molar-refractivity contribution is 6.39. The number of ketones is 2. The first-order valence-electron chi connectivity index (χ1n) is 24.0. The molecular formula is C51H81NO12. The van der Waals surface area contributed by atoms with Crippen LogP contribution < -0.4 is 0 Å². The maximum Gasteiger partial charge on any atom is 0.329 e. The number of esters is 1. The van der Waals surface area contributed by atoms with Crippen LogP contribution in [-0.2, 0) is 42.9 Å². The van der Waals surface area contributed by atoms with E-state index in [9.17, 15) is 34.5 Å². The lowest BCUT2D eigenvalue weighted by Gasteiger charge is -2.42. The molecule has 15 atom stereocenters. The Morgan fingerprint density at radius 1 is 0.844 bits per heavy atom. The van der Waals surface area contributed by atoms with Crippen molar-refractivity contribution in [3.8, 4) is 0 Å². The van der Waals surface area contributed by atoms with Crippen molar-refractivity contribution in [2.24, 2.45) is 35.5 Å². The van der Waals surface area contributed by atoms with Gasteiger partial charge in [0.25, 0.3) is 11.7 Å². The zero-order valence-corrected chi connectivity index (χ0v) is 40.4. The number of hydrogen-bond donors (Lipinski definition) is 3. The molecule has 2 bridgehead atoms. The van der Waals surface area contributed by atoms with Crippen molar-refractivity contribution in [3.63, 3.8) is 0 Å². The molecule has 3 fully saturated rings. The molecule has 0 aromatic heterocycles. The van der Waals surface area contributed by atoms with E-state index in [-0.39, 0.29) is 61.0 Å². The number of aliphatic hydroxyl groups excluding tert-OH is 2. The van der Waals surface area contributed by atoms with E-state index in [1.807, 2.05) is 45.1 Å². The topological polar surface area (TPSA) is 178 Å². The van der Waals surface area contributed by atoms with Gasteiger partial charge in [0.05, 0.1) is 36.6 Å². The number of ether oxygens (including phenoxy) is 5. The van der Waals surface area contributed by atoms with Crippen molar-refractivity contribution in [1.82, 2.24) is 4.90 Å². The second-order valence-corrected chi connectivity index (χ2v) is 19.8. The van der Waals surface area contributed by atoms with E-state index < -0.39 is 71.8 Å². The van der Waals surface area contributed by atoms with Gasteiger partial charge < -0.3 is 43.9 Å². The summed E-state index contributed by atoms with van der Waals surface area (Å²) in [6.45, 7) is 13.6. The summed E-state index contributed by atoms with van der Waals surface area (Å²) in [6, 6.07) is -1.11. The summed E-state index contributed by atoms with van der Waals surface area (Å²) in [6.07, 6.45) is 14.4. The number of amides is 1. The van der Waals surface area contributed by atoms with Crippen LogP contribution >= 0.6 is 0 Å². The predicted octanol–water partition coefficient (Wildman–Crippen LogP) is 7.00. The summed E-state index contributed by atoms with van der Waals surface area (Å²) >= 11 is 0. The molecule has 0 aromatic rings. The standard InChI is InChI=1S/C51H81NO12/c1-31-16-12-11-13-17-33(3)43(60-8)29-39-21-19-37(7)51(59,64-39)48(56)49(57)52-23-15-14-18-40(52)50(58)63-44(35(5)27-38-20-22-41(53)45(28-38)61-9)30-42(54)34(4)26-36(6)47(55)46(62-10)25-32(2)24-31/h11-13,16-17,26,31-32,35-41,43-47,53,55,59H,14-15,18-25,27-30H2,1-10H3/t31-,32-,35-,36?,37-,38+,39+,40?,41-,43+,44+,45-,46+,47-,51-/m1/s1. The Balaban J connectivity index is 1.68. The van der Waals surface area contributed by atoms with Crippen molar-refractivity contribution in [1.29, 1.82) is 0 Å². The fourth-order valence-electron chi connectivity index (χ4n) is 10.3. The summed E-state index contributed by atoms with van der Waals surface area (Å²) in [5, 5.41) is 33.9. The Labute approximate surface area is 383 Å². The normalized spacial score (nSPS) is 38.2. The van der Waals surface area contributed by atoms with Crippen LogP contribution in [0.2, 0.25) is 0 Å². The molecule has 1 aliphatic carbocycles. The summed E-state index contributed by atoms with van der Waals surface area (Å²) in [7, 11) is 4.78. The Kier molecular flexibility index (Phi) is 21.1. The number of Topliss-reactive ketones (excluding diaryl/α,β-unsaturated/α-hetero) is 2. The molecule has 4 aliphatic rings. The number of aliphatic hydroxyl groups is 3. The molecule has 3 heterocycles. The summed E-state index contributed by atoms with van der Waals surface area (Å²) in [5.74, 6) is -6.25. The Hall–Kier alpha value is -3.04. The highest BCUT2D eigenvalue weighted by atomic mass is 16.6. The molecule has 13 nitrogen and oxygen atoms in total. The average molecular weight is 900 g/mol. The second-order valence-electron chi connectivity index (χ2n) is 19.8. The lowest BCUT2D eigenvalue weighted by molar-refractivity contribution is -0.265. The minimum atomic E-state index is -2.41. The molecule has 3 aliphatic heterocycles. The van der Waals surface area contributed by atoms with Crippen molar-refractivity contribution in [2.75, 3.05) is 27.9 Å². The van der Waals surface area contributed by atoms with Gasteiger partial charge in [-0.1, -0.05) is 71.1 Å². The van der Waals surface area contributed by atoms with E-state index in [4.69, 9.17) is 23.7 Å². The predicted molar refractivity (Wildman–Crippen MR) is 245 cm³/mol. The molecule has 2 saturated heterocycles. The van der Waals surface area contributed by atoms with Crippen molar-refractivity contribution in [3.05, 3.63) is 47.6 Å². The van der Waals surface area contributed by atoms with Crippen LogP contribution in [0, 0.1) is 35.5 Å². The number of rotatable bonds is 6. The first-order valence-corrected chi connectivity index (χ1v) is 24.0. The number of nitrogens with zero attached hydrogens (tertiary/aromatic N) is 1. The monoisotopic (exact) mass is 900 g/mol. The van der Waals surface area contributed by atoms with Crippen molar-refractivity contribution >= 4 is 23.4 Å². The van der Waals surface area contributed by atoms with Crippen LogP contribution in [0.3, 0.4) is 0 Å². The van der Waals surface area contributed by atoms with E-state index in [1.54, 1.807) is 41.3 Å². The maximum atomic E-state index is 14.4. The SMILES string of the molecule is CO[C@H]1C[C@@H]2CC[C@@H](C)[C@@](O)(O2)C(=O)C(=O)N2CCCCC2C(=O)O[C@H]([C@H](C)C[C@@H]2CC[C@@H](O)[C@H](OC)C2)CC(=O)C(C)=CC(C)[C@@H](O)[C@@H](OC)C[C@H](C)C[C@H](C)C=CC=CC=C1C. The highest BCUT2D eigenvalue weighted by Gasteiger charge is 2.53. The lowest BCUT2D eigenvalue weighted by Crippen LogP contribution is -2.61. The molecule has 0 radical (unpaired) electrons. The van der Waals surface area contributed by atoms with E-state index in [2.05, 4.69) is 19.9 Å². The van der Waals surface area contributed by atoms with Gasteiger partial charge in [0.1, 0.15) is 12.1 Å². The maximum absolute atomic E-state index is 14.4. The van der Waals surface area contributed by atoms with Crippen LogP contribution in [0.4, 0.5) is 0 Å². The quantitative estimate of drug-likeness (QED) is 0.184. The van der Waals surface area contributed by atoms with E-state index in [0.717, 1.165) is 18.4 Å². The number of carbonyl (C=O) groups excluding carboxylic acids is 4. The van der Waals surface area contributed by atoms with Gasteiger partial charge in [-0.15, -0.1) is 0 Å². The first-order chi connectivity index (χ1) is 30.3. The first kappa shape index (κ1) is 53.6. The van der Waals surface area contributed by atoms with Crippen molar-refractivity contribution < 1.29 is 58.2 Å². The van der Waals surface area contributed by atoms with E-state index >= 15 is 0 Å². The van der Waals surface area contributed by atoms with Crippen molar-refractivity contribution in [2.45, 2.75) is 186 Å². The van der Waals surface area contributed by atoms with Crippen LogP contribution in [0.15, 0.2) is 47.6 Å². The molecule has 13 heteroatoms. The van der Waals surface area contributed by atoms with Crippen LogP contribution in [0.1, 0.15) is 132 Å². The number of fused-ring (bicyclic) bond motifs is 3. The van der Waals surface area contributed by atoms with E-state index in [0.29, 0.717) is 63.4 Å². The van der Waals surface area contributed by atoms with Crippen LogP contribution in [0.5, 0.6) is 0 Å². The molecule has 64 heavy (non-hydrogen) atoms. The third-order valence-corrected chi connectivity index (χ3v) is 14.5. The number of piperidine rings is 1. The number of cyclic esters (lactones) is 1. The van der Waals surface area contributed by atoms with Crippen LogP contribution in [0.25, 0.3) is 0 Å². The largest absolute Gasteiger partial charge is 0.460 e. The molecular weight excluding hydrogens is 819 g/mol. The molecule has 0 spiro atoms. The minimum absolute atomic E-state index is 0.112. The Bertz CT molecular complexity index is 1670. The van der Waals surface area contributed by atoms with Gasteiger partial charge in [-0.3, -0.25) is 14.4 Å². The Morgan fingerprint density at radius 3 is 2.25 bits per heavy atom. The van der Waals surface area contributed by atoms with Gasteiger partial charge in [-0.2, -0.15) is 0 Å². The zero-order valence-electron chi connectivity index (χ0n) is 40.4. The van der Waals surface area contributed by atoms with Gasteiger partial charge in [-0.05, 0) is 119 Å². The van der Waals surface area contributed by atoms with Gasteiger partial charge >= 0.3 is 5.97 Å². The smallest absolute Gasteiger partial charge is 0.329 e. The van der Waals surface area contributed by atoms with Gasteiger partial charge in [0.2, 0.25) is 5.79 Å². The third kappa shape index (κ3) is 14.5. The van der Waals surface area contributed by atoms with Gasteiger partial charge in [-0.25, -0.2) is 4.79 Å². The fourth-order valence-corrected chi connectivity index (χ4v) is 10.3. The lowest BCUT2D eigenvalue weighted by atomic mass is 9.78. The minimum Gasteiger partial charge on any atom is -0.460 e. The summed E-state index contributed by atoms with van der Waals surface area (Å²) < 4.78 is 29.7. The number of carbonyl (C=O) groups is 4. The fraction of sp³-hybridized carbons (Fsp3) is 0.765. The summed E-state index contributed by atoms with van der Waals surface area (Å²) in [4.78, 5) is 58.1. The summed E-state index contributed by atoms with van der Waals surface area (Å²) in [5.41, 5.74) is 1.35. The molecule has 1 amide bonds. The van der Waals surface area contributed by atoms with Gasteiger partial charge in [0, 0.05) is 52.6 Å². The molecule has 1 saturated carbocycles. The zero-order chi connectivity index (χ0) is 47.3. The third-order valence-electron chi connectivity index (χ3n) is 14.5.